The van der Waals surface area contributed by atoms with E-state index in [0.29, 0.717) is 17.1 Å². The van der Waals surface area contributed by atoms with E-state index >= 15 is 0 Å². The maximum Gasteiger partial charge on any atom is 0.261 e. The van der Waals surface area contributed by atoms with Gasteiger partial charge in [-0.15, -0.1) is 0 Å². The van der Waals surface area contributed by atoms with Crippen LogP contribution in [0.3, 0.4) is 0 Å². The average Bonchev–Trinajstić information content (AvgIpc) is 3.63. The zero-order valence-corrected chi connectivity index (χ0v) is 20.7. The number of aliphatic hydroxyl groups is 1. The molecule has 0 bridgehead atoms. The SMILES string of the molecule is Cc1cc(-n2ccnc2)cc2[nH]c(-c3c(NCC(O)c4cccc(-c5ccccc5)c4)cc[nH]c3=O)nc12. The summed E-state index contributed by atoms with van der Waals surface area (Å²) in [5, 5.41) is 14.2. The van der Waals surface area contributed by atoms with Crippen LogP contribution in [0.25, 0.3) is 39.2 Å². The Balaban J connectivity index is 1.29. The molecule has 8 heteroatoms. The maximum atomic E-state index is 12.9. The molecule has 6 aromatic rings. The van der Waals surface area contributed by atoms with Gasteiger partial charge < -0.3 is 25.0 Å². The summed E-state index contributed by atoms with van der Waals surface area (Å²) in [5.41, 5.74) is 7.13. The number of rotatable bonds is 7. The summed E-state index contributed by atoms with van der Waals surface area (Å²) < 4.78 is 1.92. The number of hydrogen-bond acceptors (Lipinski definition) is 5. The van der Waals surface area contributed by atoms with Crippen LogP contribution in [0, 0.1) is 6.92 Å². The summed E-state index contributed by atoms with van der Waals surface area (Å²) in [6.07, 6.45) is 6.15. The Morgan fingerprint density at radius 2 is 1.87 bits per heavy atom. The van der Waals surface area contributed by atoms with E-state index in [1.807, 2.05) is 84.4 Å². The molecule has 0 amide bonds. The Morgan fingerprint density at radius 1 is 1.03 bits per heavy atom. The van der Waals surface area contributed by atoms with Gasteiger partial charge in [-0.3, -0.25) is 4.79 Å². The second-order valence-electron chi connectivity index (χ2n) is 9.20. The van der Waals surface area contributed by atoms with Gasteiger partial charge in [0.05, 0.1) is 29.2 Å². The molecule has 3 aromatic carbocycles. The van der Waals surface area contributed by atoms with Crippen molar-refractivity contribution in [1.82, 2.24) is 24.5 Å². The molecule has 3 heterocycles. The molecule has 0 spiro atoms. The molecule has 0 aliphatic heterocycles. The molecule has 0 fully saturated rings. The number of imidazole rings is 2. The Labute approximate surface area is 218 Å². The number of benzene rings is 3. The lowest BCUT2D eigenvalue weighted by atomic mass is 10.0. The number of aromatic amines is 2. The third kappa shape index (κ3) is 4.49. The Hall–Kier alpha value is -4.95. The van der Waals surface area contributed by atoms with Crippen LogP contribution in [0.1, 0.15) is 17.2 Å². The number of nitrogens with one attached hydrogen (secondary N) is 3. The van der Waals surface area contributed by atoms with Crippen molar-refractivity contribution < 1.29 is 5.11 Å². The van der Waals surface area contributed by atoms with Crippen LogP contribution in [0.4, 0.5) is 5.69 Å². The molecule has 38 heavy (non-hydrogen) atoms. The summed E-state index contributed by atoms with van der Waals surface area (Å²) in [6.45, 7) is 2.21. The Kier molecular flexibility index (Phi) is 6.07. The van der Waals surface area contributed by atoms with Crippen molar-refractivity contribution in [3.05, 3.63) is 119 Å². The normalized spacial score (nSPS) is 12.1. The van der Waals surface area contributed by atoms with E-state index in [4.69, 9.17) is 4.98 Å². The lowest BCUT2D eigenvalue weighted by molar-refractivity contribution is 0.191. The zero-order valence-electron chi connectivity index (χ0n) is 20.7. The minimum Gasteiger partial charge on any atom is -0.387 e. The highest BCUT2D eigenvalue weighted by atomic mass is 16.3. The molecular weight excluding hydrogens is 476 g/mol. The minimum absolute atomic E-state index is 0.221. The highest BCUT2D eigenvalue weighted by Crippen LogP contribution is 2.28. The fourth-order valence-electron chi connectivity index (χ4n) is 4.69. The van der Waals surface area contributed by atoms with Gasteiger partial charge in [-0.05, 0) is 53.4 Å². The highest BCUT2D eigenvalue weighted by molar-refractivity contribution is 5.86. The molecule has 4 N–H and O–H groups in total. The van der Waals surface area contributed by atoms with Gasteiger partial charge in [-0.25, -0.2) is 9.97 Å². The quantitative estimate of drug-likeness (QED) is 0.239. The molecule has 0 radical (unpaired) electrons. The first-order valence-electron chi connectivity index (χ1n) is 12.3. The molecular formula is C30H26N6O2. The number of aromatic nitrogens is 5. The molecule has 0 aliphatic carbocycles. The Morgan fingerprint density at radius 3 is 2.68 bits per heavy atom. The first-order chi connectivity index (χ1) is 18.6. The van der Waals surface area contributed by atoms with E-state index in [0.717, 1.165) is 39.0 Å². The van der Waals surface area contributed by atoms with Crippen LogP contribution in [0.5, 0.6) is 0 Å². The molecule has 3 aromatic heterocycles. The van der Waals surface area contributed by atoms with Crippen LogP contribution < -0.4 is 10.9 Å². The third-order valence-corrected chi connectivity index (χ3v) is 6.63. The summed E-state index contributed by atoms with van der Waals surface area (Å²) in [7, 11) is 0. The summed E-state index contributed by atoms with van der Waals surface area (Å²) in [4.78, 5) is 27.9. The molecule has 1 unspecified atom stereocenters. The number of pyridine rings is 1. The fourth-order valence-corrected chi connectivity index (χ4v) is 4.69. The minimum atomic E-state index is -0.776. The molecule has 8 nitrogen and oxygen atoms in total. The number of aliphatic hydroxyl groups excluding tert-OH is 1. The number of anilines is 1. The van der Waals surface area contributed by atoms with Gasteiger partial charge in [0, 0.05) is 30.8 Å². The van der Waals surface area contributed by atoms with Gasteiger partial charge in [-0.1, -0.05) is 48.5 Å². The van der Waals surface area contributed by atoms with Crippen LogP contribution in [0.15, 0.2) is 103 Å². The second-order valence-corrected chi connectivity index (χ2v) is 9.20. The largest absolute Gasteiger partial charge is 0.387 e. The summed E-state index contributed by atoms with van der Waals surface area (Å²) in [6, 6.07) is 23.7. The number of nitrogens with zero attached hydrogens (tertiary/aromatic N) is 3. The predicted molar refractivity (Wildman–Crippen MR) is 149 cm³/mol. The zero-order chi connectivity index (χ0) is 26.1. The molecule has 188 valence electrons. The first-order valence-corrected chi connectivity index (χ1v) is 12.3. The average molecular weight is 503 g/mol. The number of fused-ring (bicyclic) bond motifs is 1. The molecule has 0 aliphatic rings. The monoisotopic (exact) mass is 502 g/mol. The standard InChI is InChI=1S/C30H26N6O2/c1-19-14-23(36-13-12-31-18-36)16-25-28(19)35-29(34-25)27-24(10-11-32-30(27)38)33-17-26(37)22-9-5-8-21(15-22)20-6-3-2-4-7-20/h2-16,18,26,37H,17H2,1H3,(H,34,35)(H2,32,33,38). The van der Waals surface area contributed by atoms with Crippen molar-refractivity contribution in [3.8, 4) is 28.2 Å². The van der Waals surface area contributed by atoms with E-state index in [1.54, 1.807) is 24.8 Å². The number of hydrogen-bond donors (Lipinski definition) is 4. The van der Waals surface area contributed by atoms with Gasteiger partial charge >= 0.3 is 0 Å². The van der Waals surface area contributed by atoms with Gasteiger partial charge in [0.1, 0.15) is 11.4 Å². The van der Waals surface area contributed by atoms with E-state index < -0.39 is 6.10 Å². The van der Waals surface area contributed by atoms with Crippen molar-refractivity contribution in [2.45, 2.75) is 13.0 Å². The van der Waals surface area contributed by atoms with E-state index in [9.17, 15) is 9.90 Å². The fraction of sp³-hybridized carbons (Fsp3) is 0.100. The van der Waals surface area contributed by atoms with Crippen LogP contribution in [-0.2, 0) is 0 Å². The predicted octanol–water partition coefficient (Wildman–Crippen LogP) is 5.22. The summed E-state index contributed by atoms with van der Waals surface area (Å²) in [5.74, 6) is 0.454. The van der Waals surface area contributed by atoms with E-state index in [1.165, 1.54) is 0 Å². The lowest BCUT2D eigenvalue weighted by Gasteiger charge is -2.16. The van der Waals surface area contributed by atoms with Crippen LogP contribution >= 0.6 is 0 Å². The summed E-state index contributed by atoms with van der Waals surface area (Å²) >= 11 is 0. The number of aryl methyl sites for hydroxylation is 1. The second kappa shape index (κ2) is 9.84. The van der Waals surface area contributed by atoms with Crippen molar-refractivity contribution in [1.29, 1.82) is 0 Å². The van der Waals surface area contributed by atoms with Crippen molar-refractivity contribution in [2.24, 2.45) is 0 Å². The van der Waals surface area contributed by atoms with Crippen molar-refractivity contribution in [3.63, 3.8) is 0 Å². The Bertz CT molecular complexity index is 1770. The van der Waals surface area contributed by atoms with Gasteiger partial charge in [0.25, 0.3) is 5.56 Å². The maximum absolute atomic E-state index is 12.9. The molecule has 0 saturated carbocycles. The van der Waals surface area contributed by atoms with Crippen LogP contribution in [0.2, 0.25) is 0 Å². The van der Waals surface area contributed by atoms with Crippen molar-refractivity contribution >= 4 is 16.7 Å². The third-order valence-electron chi connectivity index (χ3n) is 6.63. The van der Waals surface area contributed by atoms with Gasteiger partial charge in [0.2, 0.25) is 0 Å². The molecule has 1 atom stereocenters. The number of H-pyrrole nitrogens is 2. The lowest BCUT2D eigenvalue weighted by Crippen LogP contribution is -2.17. The van der Waals surface area contributed by atoms with Crippen LogP contribution in [-0.4, -0.2) is 36.2 Å². The smallest absolute Gasteiger partial charge is 0.261 e. The van der Waals surface area contributed by atoms with E-state index in [2.05, 4.69) is 20.3 Å². The van der Waals surface area contributed by atoms with Crippen molar-refractivity contribution in [2.75, 3.05) is 11.9 Å². The molecule has 0 saturated heterocycles. The highest BCUT2D eigenvalue weighted by Gasteiger charge is 2.17. The molecule has 6 rings (SSSR count). The first kappa shape index (κ1) is 23.4. The van der Waals surface area contributed by atoms with E-state index in [-0.39, 0.29) is 12.1 Å². The topological polar surface area (TPSA) is 112 Å². The van der Waals surface area contributed by atoms with Gasteiger partial charge in [0.15, 0.2) is 0 Å². The van der Waals surface area contributed by atoms with Gasteiger partial charge in [-0.2, -0.15) is 0 Å².